The van der Waals surface area contributed by atoms with Crippen LogP contribution in [0.4, 0.5) is 5.13 Å². The molecule has 3 N–H and O–H groups in total. The molecule has 1 amide bonds. The number of Topliss-reactive ketones (excluding diaryl/α,β-unsaturated/α-hetero) is 1. The normalized spacial score (nSPS) is 28.7. The average Bonchev–Trinajstić information content (AvgIpc) is 2.79. The van der Waals surface area contributed by atoms with Gasteiger partial charge in [0, 0.05) is 12.0 Å². The number of carbonyl (C=O) groups is 2. The van der Waals surface area contributed by atoms with Gasteiger partial charge in [0.2, 0.25) is 5.91 Å². The van der Waals surface area contributed by atoms with Gasteiger partial charge in [0.15, 0.2) is 10.9 Å². The number of rotatable bonds is 2. The fourth-order valence-electron chi connectivity index (χ4n) is 3.76. The van der Waals surface area contributed by atoms with E-state index in [9.17, 15) is 9.59 Å². The highest BCUT2D eigenvalue weighted by molar-refractivity contribution is 7.17. The first-order chi connectivity index (χ1) is 10.7. The second-order valence-corrected chi connectivity index (χ2v) is 9.03. The van der Waals surface area contributed by atoms with Crippen molar-refractivity contribution < 1.29 is 9.59 Å². The van der Waals surface area contributed by atoms with E-state index in [4.69, 9.17) is 5.73 Å². The molecule has 0 bridgehead atoms. The molecule has 0 aromatic carbocycles. The molecule has 1 aromatic heterocycles. The Labute approximate surface area is 153 Å². The minimum atomic E-state index is -0.461. The van der Waals surface area contributed by atoms with Crippen LogP contribution >= 0.6 is 23.7 Å². The molecule has 2 atom stereocenters. The van der Waals surface area contributed by atoms with Crippen molar-refractivity contribution in [3.63, 3.8) is 0 Å². The zero-order valence-corrected chi connectivity index (χ0v) is 16.1. The summed E-state index contributed by atoms with van der Waals surface area (Å²) in [5, 5.41) is 3.44. The summed E-state index contributed by atoms with van der Waals surface area (Å²) in [5.41, 5.74) is 6.61. The number of thiazole rings is 1. The lowest BCUT2D eigenvalue weighted by Gasteiger charge is -2.36. The van der Waals surface area contributed by atoms with Crippen LogP contribution in [0.1, 0.15) is 68.2 Å². The molecule has 3 rings (SSSR count). The van der Waals surface area contributed by atoms with E-state index in [1.54, 1.807) is 0 Å². The Bertz CT molecular complexity index is 654. The molecule has 2 aliphatic rings. The third kappa shape index (κ3) is 3.81. The highest BCUT2D eigenvalue weighted by atomic mass is 35.5. The largest absolute Gasteiger partial charge is 0.325 e. The molecule has 0 spiro atoms. The maximum atomic E-state index is 12.6. The third-order valence-corrected chi connectivity index (χ3v) is 6.09. The van der Waals surface area contributed by atoms with Gasteiger partial charge in [0.05, 0.1) is 16.5 Å². The second kappa shape index (κ2) is 6.73. The maximum Gasteiger partial charge on any atom is 0.231 e. The van der Waals surface area contributed by atoms with E-state index < -0.39 is 5.54 Å². The monoisotopic (exact) mass is 371 g/mol. The van der Waals surface area contributed by atoms with Gasteiger partial charge in [-0.3, -0.25) is 9.59 Å². The van der Waals surface area contributed by atoms with Gasteiger partial charge >= 0.3 is 0 Å². The van der Waals surface area contributed by atoms with Gasteiger partial charge in [-0.15, -0.1) is 12.4 Å². The number of amides is 1. The number of halogens is 1. The third-order valence-electron chi connectivity index (χ3n) is 5.04. The molecule has 1 saturated carbocycles. The van der Waals surface area contributed by atoms with Crippen molar-refractivity contribution in [3.05, 3.63) is 10.6 Å². The van der Waals surface area contributed by atoms with Crippen LogP contribution < -0.4 is 11.1 Å². The van der Waals surface area contributed by atoms with Crippen molar-refractivity contribution in [2.24, 2.45) is 17.1 Å². The zero-order valence-electron chi connectivity index (χ0n) is 14.5. The van der Waals surface area contributed by atoms with Crippen LogP contribution in [0.5, 0.6) is 0 Å². The molecular formula is C17H26ClN3O2S. The Kier molecular flexibility index (Phi) is 5.43. The molecule has 1 aromatic rings. The number of hydrogen-bond acceptors (Lipinski definition) is 5. The minimum absolute atomic E-state index is 0. The molecular weight excluding hydrogens is 346 g/mol. The Hall–Kier alpha value is -0.980. The maximum absolute atomic E-state index is 12.6. The number of nitrogens with zero attached hydrogens (tertiary/aromatic N) is 1. The number of fused-ring (bicyclic) bond motifs is 1. The Morgan fingerprint density at radius 3 is 2.67 bits per heavy atom. The molecule has 2 unspecified atom stereocenters. The van der Waals surface area contributed by atoms with E-state index in [2.05, 4.69) is 24.1 Å². The van der Waals surface area contributed by atoms with Gasteiger partial charge in [0.1, 0.15) is 0 Å². The quantitative estimate of drug-likeness (QED) is 0.832. The number of anilines is 1. The number of aromatic nitrogens is 1. The minimum Gasteiger partial charge on any atom is -0.325 e. The van der Waals surface area contributed by atoms with Crippen LogP contribution in [0.2, 0.25) is 0 Å². The van der Waals surface area contributed by atoms with Gasteiger partial charge in [-0.2, -0.15) is 0 Å². The first-order valence-electron chi connectivity index (χ1n) is 8.31. The first kappa shape index (κ1) is 19.3. The number of carbonyl (C=O) groups excluding carboxylic acids is 2. The molecule has 0 saturated heterocycles. The van der Waals surface area contributed by atoms with E-state index in [0.29, 0.717) is 16.4 Å². The first-order valence-corrected chi connectivity index (χ1v) is 9.12. The van der Waals surface area contributed by atoms with Gasteiger partial charge in [-0.25, -0.2) is 4.98 Å². The van der Waals surface area contributed by atoms with Gasteiger partial charge in [0.25, 0.3) is 0 Å². The lowest BCUT2D eigenvalue weighted by molar-refractivity contribution is -0.122. The van der Waals surface area contributed by atoms with Crippen LogP contribution in [0.3, 0.4) is 0 Å². The van der Waals surface area contributed by atoms with Gasteiger partial charge in [-0.1, -0.05) is 38.0 Å². The van der Waals surface area contributed by atoms with Gasteiger partial charge in [-0.05, 0) is 31.6 Å². The summed E-state index contributed by atoms with van der Waals surface area (Å²) in [6, 6.07) is 0. The molecule has 5 nitrogen and oxygen atoms in total. The smallest absolute Gasteiger partial charge is 0.231 e. The number of hydrogen-bond donors (Lipinski definition) is 2. The van der Waals surface area contributed by atoms with Crippen LogP contribution in [0.25, 0.3) is 0 Å². The Morgan fingerprint density at radius 2 is 2.00 bits per heavy atom. The molecule has 1 heterocycles. The fourth-order valence-corrected chi connectivity index (χ4v) is 4.68. The predicted octanol–water partition coefficient (Wildman–Crippen LogP) is 3.57. The molecule has 7 heteroatoms. The van der Waals surface area contributed by atoms with Crippen molar-refractivity contribution in [2.45, 2.75) is 64.8 Å². The van der Waals surface area contributed by atoms with E-state index in [1.807, 2.05) is 6.92 Å². The zero-order chi connectivity index (χ0) is 16.8. The highest BCUT2D eigenvalue weighted by Crippen LogP contribution is 2.39. The van der Waals surface area contributed by atoms with E-state index in [-0.39, 0.29) is 35.4 Å². The van der Waals surface area contributed by atoms with Crippen LogP contribution in [-0.4, -0.2) is 22.2 Å². The lowest BCUT2D eigenvalue weighted by atomic mass is 9.74. The summed E-state index contributed by atoms with van der Waals surface area (Å²) in [7, 11) is 0. The van der Waals surface area contributed by atoms with Crippen molar-refractivity contribution in [1.29, 1.82) is 0 Å². The Balaban J connectivity index is 0.00000208. The fraction of sp³-hybridized carbons (Fsp3) is 0.706. The van der Waals surface area contributed by atoms with E-state index >= 15 is 0 Å². The van der Waals surface area contributed by atoms with Crippen LogP contribution in [0.15, 0.2) is 0 Å². The van der Waals surface area contributed by atoms with Gasteiger partial charge < -0.3 is 11.1 Å². The molecule has 24 heavy (non-hydrogen) atoms. The molecule has 0 aliphatic heterocycles. The van der Waals surface area contributed by atoms with Crippen molar-refractivity contribution in [2.75, 3.05) is 5.32 Å². The molecule has 0 radical (unpaired) electrons. The summed E-state index contributed by atoms with van der Waals surface area (Å²) >= 11 is 1.30. The van der Waals surface area contributed by atoms with E-state index in [1.165, 1.54) is 11.3 Å². The number of nitrogens with one attached hydrogen (secondary N) is 1. The SMILES string of the molecule is CC1(C)CC(=O)c2sc(NC(=O)C3CCCCC3(C)N)nc2C1.Cl. The predicted molar refractivity (Wildman–Crippen MR) is 99.0 cm³/mol. The topological polar surface area (TPSA) is 85.1 Å². The highest BCUT2D eigenvalue weighted by Gasteiger charge is 2.39. The molecule has 2 aliphatic carbocycles. The molecule has 134 valence electrons. The summed E-state index contributed by atoms with van der Waals surface area (Å²) < 4.78 is 0. The molecule has 1 fully saturated rings. The van der Waals surface area contributed by atoms with Crippen molar-refractivity contribution in [1.82, 2.24) is 4.98 Å². The van der Waals surface area contributed by atoms with Crippen LogP contribution in [0, 0.1) is 11.3 Å². The van der Waals surface area contributed by atoms with Crippen molar-refractivity contribution in [3.8, 4) is 0 Å². The average molecular weight is 372 g/mol. The second-order valence-electron chi connectivity index (χ2n) is 8.03. The summed E-state index contributed by atoms with van der Waals surface area (Å²) in [6.45, 7) is 6.11. The lowest BCUT2D eigenvalue weighted by Crippen LogP contribution is -2.51. The standard InChI is InChI=1S/C17H25N3O2S.ClH/c1-16(2)8-11-13(12(21)9-16)23-15(19-11)20-14(22)10-6-4-5-7-17(10,3)18;/h10H,4-9,18H2,1-3H3,(H,19,20,22);1H. The van der Waals surface area contributed by atoms with Crippen molar-refractivity contribution >= 4 is 40.6 Å². The Morgan fingerprint density at radius 1 is 1.29 bits per heavy atom. The number of ketones is 1. The van der Waals surface area contributed by atoms with E-state index in [0.717, 1.165) is 37.8 Å². The summed E-state index contributed by atoms with van der Waals surface area (Å²) in [4.78, 5) is 30.0. The summed E-state index contributed by atoms with van der Waals surface area (Å²) in [6.07, 6.45) is 5.11. The summed E-state index contributed by atoms with van der Waals surface area (Å²) in [5.74, 6) is -0.118. The number of nitrogens with two attached hydrogens (primary N) is 1. The van der Waals surface area contributed by atoms with Crippen LogP contribution in [-0.2, 0) is 11.2 Å².